The number of rotatable bonds is 9. The van der Waals surface area contributed by atoms with Crippen LogP contribution >= 0.6 is 0 Å². The van der Waals surface area contributed by atoms with Gasteiger partial charge in [0.15, 0.2) is 8.32 Å². The van der Waals surface area contributed by atoms with Crippen LogP contribution in [0.1, 0.15) is 72.6 Å². The van der Waals surface area contributed by atoms with Crippen LogP contribution in [0.25, 0.3) is 0 Å². The first-order chi connectivity index (χ1) is 10.2. The molecule has 1 aliphatic rings. The van der Waals surface area contributed by atoms with Gasteiger partial charge < -0.3 is 14.3 Å². The van der Waals surface area contributed by atoms with Crippen molar-refractivity contribution in [3.8, 4) is 0 Å². The van der Waals surface area contributed by atoms with Gasteiger partial charge >= 0.3 is 0 Å². The number of ether oxygens (including phenoxy) is 1. The van der Waals surface area contributed by atoms with Crippen molar-refractivity contribution < 1.29 is 14.3 Å². The van der Waals surface area contributed by atoms with Crippen molar-refractivity contribution in [2.45, 2.75) is 109 Å². The molecular formula is C18H38O3Si. The fourth-order valence-electron chi connectivity index (χ4n) is 2.79. The summed E-state index contributed by atoms with van der Waals surface area (Å²) < 4.78 is 12.7. The minimum atomic E-state index is -1.78. The molecule has 3 nitrogen and oxygen atoms in total. The molecule has 0 unspecified atom stereocenters. The molecule has 0 spiro atoms. The summed E-state index contributed by atoms with van der Waals surface area (Å²) in [4.78, 5) is 0. The normalized spacial score (nSPS) is 24.7. The van der Waals surface area contributed by atoms with Crippen molar-refractivity contribution in [1.29, 1.82) is 0 Å². The molecule has 4 heteroatoms. The minimum Gasteiger partial charge on any atom is -0.411 e. The zero-order valence-corrected chi connectivity index (χ0v) is 16.7. The SMILES string of the molecule is CCCCCC[C@@H](O[Si](C)(C)C(C)(C)C)[C@H]1CC[C@@H](CO)O1. The van der Waals surface area contributed by atoms with Crippen molar-refractivity contribution in [3.63, 3.8) is 0 Å². The number of hydrogen-bond acceptors (Lipinski definition) is 3. The smallest absolute Gasteiger partial charge is 0.192 e. The van der Waals surface area contributed by atoms with E-state index in [9.17, 15) is 5.11 Å². The molecule has 132 valence electrons. The Balaban J connectivity index is 2.65. The van der Waals surface area contributed by atoms with Crippen molar-refractivity contribution in [2.24, 2.45) is 0 Å². The number of aliphatic hydroxyl groups excluding tert-OH is 1. The van der Waals surface area contributed by atoms with E-state index in [-0.39, 0.29) is 30.0 Å². The molecule has 22 heavy (non-hydrogen) atoms. The lowest BCUT2D eigenvalue weighted by Crippen LogP contribution is -2.47. The molecule has 0 aromatic carbocycles. The van der Waals surface area contributed by atoms with E-state index in [0.717, 1.165) is 19.3 Å². The highest BCUT2D eigenvalue weighted by Crippen LogP contribution is 2.39. The zero-order valence-electron chi connectivity index (χ0n) is 15.7. The van der Waals surface area contributed by atoms with E-state index in [4.69, 9.17) is 9.16 Å². The first-order valence-electron chi connectivity index (χ1n) is 9.15. The van der Waals surface area contributed by atoms with Gasteiger partial charge in [0, 0.05) is 0 Å². The van der Waals surface area contributed by atoms with Gasteiger partial charge in [0.05, 0.1) is 24.9 Å². The molecule has 1 fully saturated rings. The van der Waals surface area contributed by atoms with Crippen LogP contribution in [0.15, 0.2) is 0 Å². The number of aliphatic hydroxyl groups is 1. The van der Waals surface area contributed by atoms with E-state index in [1.165, 1.54) is 25.7 Å². The molecular weight excluding hydrogens is 292 g/mol. The van der Waals surface area contributed by atoms with Crippen LogP contribution in [0, 0.1) is 0 Å². The van der Waals surface area contributed by atoms with Crippen LogP contribution in [-0.4, -0.2) is 38.3 Å². The first-order valence-corrected chi connectivity index (χ1v) is 12.1. The lowest BCUT2D eigenvalue weighted by atomic mass is 10.0. The summed E-state index contributed by atoms with van der Waals surface area (Å²) in [5.41, 5.74) is 0. The third-order valence-corrected chi connectivity index (χ3v) is 9.86. The lowest BCUT2D eigenvalue weighted by molar-refractivity contribution is -0.0468. The molecule has 0 aliphatic carbocycles. The Bertz CT molecular complexity index is 312. The third kappa shape index (κ3) is 5.95. The summed E-state index contributed by atoms with van der Waals surface area (Å²) in [5, 5.41) is 9.54. The van der Waals surface area contributed by atoms with Crippen LogP contribution < -0.4 is 0 Å². The summed E-state index contributed by atoms with van der Waals surface area (Å²) in [6, 6.07) is 0. The Morgan fingerprint density at radius 3 is 2.36 bits per heavy atom. The van der Waals surface area contributed by atoms with Crippen molar-refractivity contribution in [2.75, 3.05) is 6.61 Å². The molecule has 1 rings (SSSR count). The lowest BCUT2D eigenvalue weighted by Gasteiger charge is -2.41. The largest absolute Gasteiger partial charge is 0.411 e. The standard InChI is InChI=1S/C18H38O3Si/c1-7-8-9-10-11-17(16-13-12-15(14-19)20-16)21-22(5,6)18(2,3)4/h15-17,19H,7-14H2,1-6H3/t15-,16+,17+/m0/s1. The summed E-state index contributed by atoms with van der Waals surface area (Å²) in [6.45, 7) is 13.9. The van der Waals surface area contributed by atoms with Gasteiger partial charge in [0.2, 0.25) is 0 Å². The minimum absolute atomic E-state index is 0.0196. The van der Waals surface area contributed by atoms with Crippen molar-refractivity contribution in [1.82, 2.24) is 0 Å². The molecule has 1 heterocycles. The predicted octanol–water partition coefficient (Wildman–Crippen LogP) is 4.89. The molecule has 0 bridgehead atoms. The van der Waals surface area contributed by atoms with E-state index in [0.29, 0.717) is 0 Å². The molecule has 0 aromatic heterocycles. The summed E-state index contributed by atoms with van der Waals surface area (Å²) >= 11 is 0. The van der Waals surface area contributed by atoms with Crippen LogP contribution in [0.4, 0.5) is 0 Å². The van der Waals surface area contributed by atoms with E-state index in [2.05, 4.69) is 40.8 Å². The molecule has 3 atom stereocenters. The third-order valence-electron chi connectivity index (χ3n) is 5.35. The number of hydrogen-bond donors (Lipinski definition) is 1. The molecule has 0 radical (unpaired) electrons. The van der Waals surface area contributed by atoms with Gasteiger partial charge in [-0.3, -0.25) is 0 Å². The molecule has 1 N–H and O–H groups in total. The van der Waals surface area contributed by atoms with E-state index in [1.807, 2.05) is 0 Å². The van der Waals surface area contributed by atoms with Gasteiger partial charge in [-0.1, -0.05) is 53.4 Å². The van der Waals surface area contributed by atoms with E-state index < -0.39 is 8.32 Å². The van der Waals surface area contributed by atoms with Gasteiger partial charge in [0.1, 0.15) is 0 Å². The fourth-order valence-corrected chi connectivity index (χ4v) is 4.17. The summed E-state index contributed by atoms with van der Waals surface area (Å²) in [7, 11) is -1.78. The highest BCUT2D eigenvalue weighted by molar-refractivity contribution is 6.74. The molecule has 1 aliphatic heterocycles. The van der Waals surface area contributed by atoms with Gasteiger partial charge in [-0.15, -0.1) is 0 Å². The Morgan fingerprint density at radius 1 is 1.18 bits per heavy atom. The molecule has 0 saturated carbocycles. The van der Waals surface area contributed by atoms with Gasteiger partial charge in [0.25, 0.3) is 0 Å². The second-order valence-corrected chi connectivity index (χ2v) is 13.1. The second kappa shape index (κ2) is 8.81. The highest BCUT2D eigenvalue weighted by Gasteiger charge is 2.42. The summed E-state index contributed by atoms with van der Waals surface area (Å²) in [5.74, 6) is 0. The average Bonchev–Trinajstić information content (AvgIpc) is 2.89. The van der Waals surface area contributed by atoms with Gasteiger partial charge in [-0.2, -0.15) is 0 Å². The Morgan fingerprint density at radius 2 is 1.86 bits per heavy atom. The Labute approximate surface area is 138 Å². The second-order valence-electron chi connectivity index (χ2n) is 8.32. The Kier molecular flexibility index (Phi) is 8.07. The Hall–Kier alpha value is 0.0969. The predicted molar refractivity (Wildman–Crippen MR) is 95.8 cm³/mol. The van der Waals surface area contributed by atoms with E-state index in [1.54, 1.807) is 0 Å². The zero-order chi connectivity index (χ0) is 16.8. The van der Waals surface area contributed by atoms with Crippen LogP contribution in [0.3, 0.4) is 0 Å². The topological polar surface area (TPSA) is 38.7 Å². The highest BCUT2D eigenvalue weighted by atomic mass is 28.4. The van der Waals surface area contributed by atoms with Gasteiger partial charge in [-0.25, -0.2) is 0 Å². The quantitative estimate of drug-likeness (QED) is 0.483. The average molecular weight is 331 g/mol. The molecule has 1 saturated heterocycles. The maximum absolute atomic E-state index is 9.32. The number of unbranched alkanes of at least 4 members (excludes halogenated alkanes) is 3. The fraction of sp³-hybridized carbons (Fsp3) is 1.00. The van der Waals surface area contributed by atoms with Crippen molar-refractivity contribution >= 4 is 8.32 Å². The van der Waals surface area contributed by atoms with Crippen LogP contribution in [-0.2, 0) is 9.16 Å². The van der Waals surface area contributed by atoms with Crippen LogP contribution in [0.2, 0.25) is 18.1 Å². The molecule has 0 aromatic rings. The summed E-state index contributed by atoms with van der Waals surface area (Å²) in [6.07, 6.45) is 8.55. The van der Waals surface area contributed by atoms with E-state index >= 15 is 0 Å². The molecule has 0 amide bonds. The monoisotopic (exact) mass is 330 g/mol. The first kappa shape index (κ1) is 20.1. The van der Waals surface area contributed by atoms with Crippen LogP contribution in [0.5, 0.6) is 0 Å². The maximum atomic E-state index is 9.32. The van der Waals surface area contributed by atoms with Gasteiger partial charge in [-0.05, 0) is 37.4 Å². The van der Waals surface area contributed by atoms with Crippen molar-refractivity contribution in [3.05, 3.63) is 0 Å². The maximum Gasteiger partial charge on any atom is 0.192 e.